The summed E-state index contributed by atoms with van der Waals surface area (Å²) in [4.78, 5) is 29.3. The number of benzene rings is 1. The molecule has 0 aliphatic carbocycles. The Kier molecular flexibility index (Phi) is 5.51. The average Bonchev–Trinajstić information content (AvgIpc) is 2.88. The first-order chi connectivity index (χ1) is 11.8. The fourth-order valence-corrected chi connectivity index (χ4v) is 2.85. The number of aryl methyl sites for hydroxylation is 2. The van der Waals surface area contributed by atoms with E-state index in [1.165, 1.54) is 7.11 Å². The summed E-state index contributed by atoms with van der Waals surface area (Å²) in [5.74, 6) is 0.225. The molecule has 1 amide bonds. The Morgan fingerprint density at radius 2 is 1.84 bits per heavy atom. The number of amides is 1. The van der Waals surface area contributed by atoms with Gasteiger partial charge in [-0.25, -0.2) is 4.79 Å². The monoisotopic (exact) mass is 344 g/mol. The predicted molar refractivity (Wildman–Crippen MR) is 95.1 cm³/mol. The maximum absolute atomic E-state index is 12.8. The molecule has 6 heteroatoms. The Balaban J connectivity index is 2.25. The van der Waals surface area contributed by atoms with E-state index in [4.69, 9.17) is 9.47 Å². The zero-order valence-corrected chi connectivity index (χ0v) is 15.5. The van der Waals surface area contributed by atoms with Gasteiger partial charge in [0.25, 0.3) is 5.91 Å². The average molecular weight is 344 g/mol. The Labute approximate surface area is 147 Å². The van der Waals surface area contributed by atoms with Crippen LogP contribution in [0.2, 0.25) is 0 Å². The van der Waals surface area contributed by atoms with Crippen molar-refractivity contribution in [2.24, 2.45) is 0 Å². The number of hydrogen-bond acceptors (Lipinski definition) is 4. The van der Waals surface area contributed by atoms with Crippen LogP contribution in [0.4, 0.5) is 0 Å². The lowest BCUT2D eigenvalue weighted by Crippen LogP contribution is -2.27. The number of H-pyrrole nitrogens is 1. The molecule has 6 nitrogen and oxygen atoms in total. The molecule has 0 bridgehead atoms. The zero-order chi connectivity index (χ0) is 18.7. The number of rotatable bonds is 5. The zero-order valence-electron chi connectivity index (χ0n) is 15.5. The van der Waals surface area contributed by atoms with E-state index in [1.54, 1.807) is 31.2 Å². The number of aromatic amines is 1. The van der Waals surface area contributed by atoms with E-state index in [0.717, 1.165) is 28.1 Å². The third kappa shape index (κ3) is 3.68. The number of methoxy groups -OCH3 is 2. The Bertz CT molecular complexity index is 808. The lowest BCUT2D eigenvalue weighted by atomic mass is 10.1. The van der Waals surface area contributed by atoms with Crippen LogP contribution in [0.5, 0.6) is 5.75 Å². The standard InChI is InChI=1S/C19H24N2O4/c1-11-9-14(24-5)7-8-15(11)18(22)21(4)10-16-12(2)17(19(23)25-6)20-13(16)3/h7-9,20H,10H2,1-6H3. The van der Waals surface area contributed by atoms with Crippen molar-refractivity contribution in [1.29, 1.82) is 0 Å². The number of carbonyl (C=O) groups is 2. The van der Waals surface area contributed by atoms with Crippen molar-refractivity contribution >= 4 is 11.9 Å². The quantitative estimate of drug-likeness (QED) is 0.847. The van der Waals surface area contributed by atoms with Crippen LogP contribution in [-0.2, 0) is 11.3 Å². The van der Waals surface area contributed by atoms with Crippen LogP contribution in [0.3, 0.4) is 0 Å². The number of nitrogens with one attached hydrogen (secondary N) is 1. The first kappa shape index (κ1) is 18.6. The molecule has 2 aromatic rings. The van der Waals surface area contributed by atoms with Gasteiger partial charge in [0.1, 0.15) is 11.4 Å². The van der Waals surface area contributed by atoms with Crippen molar-refractivity contribution in [3.05, 3.63) is 51.8 Å². The molecule has 0 saturated heterocycles. The predicted octanol–water partition coefficient (Wildman–Crippen LogP) is 3.01. The van der Waals surface area contributed by atoms with Crippen molar-refractivity contribution < 1.29 is 19.1 Å². The first-order valence-corrected chi connectivity index (χ1v) is 7.96. The fourth-order valence-electron chi connectivity index (χ4n) is 2.85. The summed E-state index contributed by atoms with van der Waals surface area (Å²) in [5.41, 5.74) is 4.48. The molecule has 0 spiro atoms. The van der Waals surface area contributed by atoms with E-state index in [-0.39, 0.29) is 5.91 Å². The normalized spacial score (nSPS) is 10.5. The van der Waals surface area contributed by atoms with Crippen molar-refractivity contribution in [1.82, 2.24) is 9.88 Å². The van der Waals surface area contributed by atoms with Gasteiger partial charge in [0.05, 0.1) is 14.2 Å². The molecule has 0 unspecified atom stereocenters. The van der Waals surface area contributed by atoms with E-state index in [9.17, 15) is 9.59 Å². The van der Waals surface area contributed by atoms with Crippen LogP contribution in [0.25, 0.3) is 0 Å². The molecule has 0 radical (unpaired) electrons. The van der Waals surface area contributed by atoms with Crippen LogP contribution in [-0.4, -0.2) is 43.0 Å². The van der Waals surface area contributed by atoms with Gasteiger partial charge in [-0.15, -0.1) is 0 Å². The van der Waals surface area contributed by atoms with Gasteiger partial charge in [-0.3, -0.25) is 4.79 Å². The minimum atomic E-state index is -0.410. The highest BCUT2D eigenvalue weighted by Crippen LogP contribution is 2.22. The Morgan fingerprint density at radius 3 is 2.40 bits per heavy atom. The molecule has 1 heterocycles. The molecule has 1 aromatic heterocycles. The molecule has 0 fully saturated rings. The van der Waals surface area contributed by atoms with Crippen molar-refractivity contribution in [3.8, 4) is 5.75 Å². The van der Waals surface area contributed by atoms with Gasteiger partial charge < -0.3 is 19.4 Å². The summed E-state index contributed by atoms with van der Waals surface area (Å²) in [6.07, 6.45) is 0. The van der Waals surface area contributed by atoms with Crippen molar-refractivity contribution in [2.45, 2.75) is 27.3 Å². The second kappa shape index (κ2) is 7.42. The topological polar surface area (TPSA) is 71.6 Å². The van der Waals surface area contributed by atoms with Crippen LogP contribution in [0, 0.1) is 20.8 Å². The SMILES string of the molecule is COC(=O)c1[nH]c(C)c(CN(C)C(=O)c2ccc(OC)cc2C)c1C. The lowest BCUT2D eigenvalue weighted by Gasteiger charge is -2.19. The molecule has 0 aliphatic rings. The van der Waals surface area contributed by atoms with Crippen LogP contribution in [0.15, 0.2) is 18.2 Å². The largest absolute Gasteiger partial charge is 0.497 e. The van der Waals surface area contributed by atoms with Crippen molar-refractivity contribution in [2.75, 3.05) is 21.3 Å². The minimum absolute atomic E-state index is 0.0835. The van der Waals surface area contributed by atoms with E-state index < -0.39 is 5.97 Å². The molecule has 2 rings (SSSR count). The molecule has 0 atom stereocenters. The summed E-state index contributed by atoms with van der Waals surface area (Å²) >= 11 is 0. The number of aromatic nitrogens is 1. The molecule has 134 valence electrons. The molecule has 1 aromatic carbocycles. The summed E-state index contributed by atoms with van der Waals surface area (Å²) in [6.45, 7) is 6.01. The molecular formula is C19H24N2O4. The molecule has 0 saturated carbocycles. The summed E-state index contributed by atoms with van der Waals surface area (Å²) in [6, 6.07) is 5.38. The van der Waals surface area contributed by atoms with Crippen LogP contribution >= 0.6 is 0 Å². The van der Waals surface area contributed by atoms with Gasteiger partial charge in [0.2, 0.25) is 0 Å². The lowest BCUT2D eigenvalue weighted by molar-refractivity contribution is 0.0593. The fraction of sp³-hybridized carbons (Fsp3) is 0.368. The maximum Gasteiger partial charge on any atom is 0.354 e. The van der Waals surface area contributed by atoms with Gasteiger partial charge >= 0.3 is 5.97 Å². The maximum atomic E-state index is 12.8. The van der Waals surface area contributed by atoms with Crippen molar-refractivity contribution in [3.63, 3.8) is 0 Å². The summed E-state index contributed by atoms with van der Waals surface area (Å²) < 4.78 is 9.96. The summed E-state index contributed by atoms with van der Waals surface area (Å²) in [5, 5.41) is 0. The van der Waals surface area contributed by atoms with Crippen LogP contribution in [0.1, 0.15) is 43.2 Å². The highest BCUT2D eigenvalue weighted by molar-refractivity contribution is 5.95. The molecule has 1 N–H and O–H groups in total. The molecular weight excluding hydrogens is 320 g/mol. The summed E-state index contributed by atoms with van der Waals surface area (Å²) in [7, 11) is 4.69. The highest BCUT2D eigenvalue weighted by Gasteiger charge is 2.21. The second-order valence-electron chi connectivity index (χ2n) is 6.06. The van der Waals surface area contributed by atoms with Gasteiger partial charge in [-0.05, 0) is 55.7 Å². The smallest absolute Gasteiger partial charge is 0.354 e. The van der Waals surface area contributed by atoms with E-state index >= 15 is 0 Å². The van der Waals surface area contributed by atoms with Gasteiger partial charge in [-0.1, -0.05) is 0 Å². The number of nitrogens with zero attached hydrogens (tertiary/aromatic N) is 1. The van der Waals surface area contributed by atoms with Gasteiger partial charge in [0.15, 0.2) is 0 Å². The minimum Gasteiger partial charge on any atom is -0.497 e. The van der Waals surface area contributed by atoms with Crippen LogP contribution < -0.4 is 4.74 Å². The third-order valence-corrected chi connectivity index (χ3v) is 4.39. The van der Waals surface area contributed by atoms with E-state index in [1.807, 2.05) is 26.8 Å². The van der Waals surface area contributed by atoms with Gasteiger partial charge in [-0.2, -0.15) is 0 Å². The number of hydrogen-bond donors (Lipinski definition) is 1. The molecule has 0 aliphatic heterocycles. The molecule has 25 heavy (non-hydrogen) atoms. The number of carbonyl (C=O) groups excluding carboxylic acids is 2. The Morgan fingerprint density at radius 1 is 1.16 bits per heavy atom. The first-order valence-electron chi connectivity index (χ1n) is 7.96. The number of esters is 1. The van der Waals surface area contributed by atoms with E-state index in [0.29, 0.717) is 17.8 Å². The second-order valence-corrected chi connectivity index (χ2v) is 6.06. The number of ether oxygens (including phenoxy) is 2. The van der Waals surface area contributed by atoms with Gasteiger partial charge in [0, 0.05) is 24.8 Å². The highest BCUT2D eigenvalue weighted by atomic mass is 16.5. The Hall–Kier alpha value is -2.76. The third-order valence-electron chi connectivity index (χ3n) is 4.39. The van der Waals surface area contributed by atoms with E-state index in [2.05, 4.69) is 4.98 Å².